The van der Waals surface area contributed by atoms with E-state index in [4.69, 9.17) is 10.5 Å². The third-order valence-corrected chi connectivity index (χ3v) is 4.74. The normalized spacial score (nSPS) is 22.2. The smallest absolute Gasteiger partial charge is 0.251 e. The first-order chi connectivity index (χ1) is 9.15. The number of hydrogen-bond donors (Lipinski definition) is 2. The Morgan fingerprint density at radius 3 is 2.95 bits per heavy atom. The van der Waals surface area contributed by atoms with Crippen molar-refractivity contribution in [2.75, 3.05) is 19.1 Å². The Morgan fingerprint density at radius 1 is 1.47 bits per heavy atom. The highest BCUT2D eigenvalue weighted by Crippen LogP contribution is 2.29. The number of carbonyl (C=O) groups excluding carboxylic acids is 1. The quantitative estimate of drug-likeness (QED) is 0.831. The SMILES string of the molecule is COc1cc(C(=O)NC2CCCC2SC)ccc1N. The zero-order valence-corrected chi connectivity index (χ0v) is 12.1. The van der Waals surface area contributed by atoms with Crippen LogP contribution in [0.1, 0.15) is 29.6 Å². The monoisotopic (exact) mass is 280 g/mol. The Hall–Kier alpha value is -1.36. The van der Waals surface area contributed by atoms with Crippen molar-refractivity contribution < 1.29 is 9.53 Å². The van der Waals surface area contributed by atoms with Gasteiger partial charge in [0.25, 0.3) is 5.91 Å². The van der Waals surface area contributed by atoms with Crippen molar-refractivity contribution in [3.63, 3.8) is 0 Å². The first kappa shape index (κ1) is 14.1. The Balaban J connectivity index is 2.07. The molecule has 1 amide bonds. The van der Waals surface area contributed by atoms with Crippen molar-refractivity contribution in [3.05, 3.63) is 23.8 Å². The van der Waals surface area contributed by atoms with Crippen LogP contribution in [0.3, 0.4) is 0 Å². The highest BCUT2D eigenvalue weighted by Gasteiger charge is 2.28. The van der Waals surface area contributed by atoms with E-state index < -0.39 is 0 Å². The number of benzene rings is 1. The van der Waals surface area contributed by atoms with Crippen molar-refractivity contribution in [3.8, 4) is 5.75 Å². The van der Waals surface area contributed by atoms with Crippen LogP contribution in [0, 0.1) is 0 Å². The van der Waals surface area contributed by atoms with E-state index in [-0.39, 0.29) is 11.9 Å². The lowest BCUT2D eigenvalue weighted by Gasteiger charge is -2.19. The number of thioether (sulfide) groups is 1. The second kappa shape index (κ2) is 6.19. The molecule has 2 atom stereocenters. The van der Waals surface area contributed by atoms with Gasteiger partial charge in [0.15, 0.2) is 0 Å². The summed E-state index contributed by atoms with van der Waals surface area (Å²) in [5.41, 5.74) is 6.89. The maximum Gasteiger partial charge on any atom is 0.251 e. The van der Waals surface area contributed by atoms with Gasteiger partial charge < -0.3 is 15.8 Å². The summed E-state index contributed by atoms with van der Waals surface area (Å²) in [4.78, 5) is 12.2. The fourth-order valence-electron chi connectivity index (χ4n) is 2.48. The van der Waals surface area contributed by atoms with E-state index in [0.29, 0.717) is 22.3 Å². The van der Waals surface area contributed by atoms with Gasteiger partial charge in [-0.1, -0.05) is 6.42 Å². The number of nitrogens with one attached hydrogen (secondary N) is 1. The first-order valence-electron chi connectivity index (χ1n) is 6.43. The minimum atomic E-state index is -0.0516. The van der Waals surface area contributed by atoms with Gasteiger partial charge in [-0.05, 0) is 37.3 Å². The molecule has 4 nitrogen and oxygen atoms in total. The van der Waals surface area contributed by atoms with Crippen LogP contribution in [0.2, 0.25) is 0 Å². The van der Waals surface area contributed by atoms with Gasteiger partial charge in [0.2, 0.25) is 0 Å². The average molecular weight is 280 g/mol. The molecule has 1 aliphatic rings. The molecule has 0 aromatic heterocycles. The Bertz CT molecular complexity index is 465. The molecule has 19 heavy (non-hydrogen) atoms. The maximum atomic E-state index is 12.2. The number of nitrogen functional groups attached to an aromatic ring is 1. The number of ether oxygens (including phenoxy) is 1. The van der Waals surface area contributed by atoms with Crippen LogP contribution in [-0.4, -0.2) is 30.6 Å². The van der Waals surface area contributed by atoms with Crippen molar-refractivity contribution in [2.45, 2.75) is 30.6 Å². The molecule has 0 radical (unpaired) electrons. The van der Waals surface area contributed by atoms with Gasteiger partial charge in [-0.3, -0.25) is 4.79 Å². The highest BCUT2D eigenvalue weighted by atomic mass is 32.2. The molecule has 0 spiro atoms. The zero-order valence-electron chi connectivity index (χ0n) is 11.3. The maximum absolute atomic E-state index is 12.2. The zero-order chi connectivity index (χ0) is 13.8. The van der Waals surface area contributed by atoms with E-state index in [9.17, 15) is 4.79 Å². The minimum Gasteiger partial charge on any atom is -0.495 e. The Morgan fingerprint density at radius 2 is 2.26 bits per heavy atom. The fraction of sp³-hybridized carbons (Fsp3) is 0.500. The Labute approximate surface area is 118 Å². The molecule has 2 unspecified atom stereocenters. The van der Waals surface area contributed by atoms with Crippen molar-refractivity contribution in [1.29, 1.82) is 0 Å². The van der Waals surface area contributed by atoms with E-state index in [0.717, 1.165) is 6.42 Å². The standard InChI is InChI=1S/C14H20N2O2S/c1-18-12-8-9(6-7-10(12)15)14(17)16-11-4-3-5-13(11)19-2/h6-8,11,13H,3-5,15H2,1-2H3,(H,16,17). The largest absolute Gasteiger partial charge is 0.495 e. The van der Waals surface area contributed by atoms with Gasteiger partial charge in [0.1, 0.15) is 5.75 Å². The molecule has 5 heteroatoms. The van der Waals surface area contributed by atoms with Gasteiger partial charge in [0, 0.05) is 16.9 Å². The van der Waals surface area contributed by atoms with Gasteiger partial charge in [0.05, 0.1) is 12.8 Å². The summed E-state index contributed by atoms with van der Waals surface area (Å²) in [6, 6.07) is 5.39. The topological polar surface area (TPSA) is 64.3 Å². The fourth-order valence-corrected chi connectivity index (χ4v) is 3.41. The van der Waals surface area contributed by atoms with Crippen molar-refractivity contribution in [2.24, 2.45) is 0 Å². The third kappa shape index (κ3) is 3.15. The summed E-state index contributed by atoms with van der Waals surface area (Å²) in [7, 11) is 1.55. The molecule has 1 aromatic rings. The van der Waals surface area contributed by atoms with Crippen LogP contribution < -0.4 is 15.8 Å². The van der Waals surface area contributed by atoms with E-state index in [2.05, 4.69) is 11.6 Å². The van der Waals surface area contributed by atoms with Crippen molar-refractivity contribution in [1.82, 2.24) is 5.32 Å². The lowest BCUT2D eigenvalue weighted by molar-refractivity contribution is 0.0938. The molecule has 0 heterocycles. The van der Waals surface area contributed by atoms with E-state index >= 15 is 0 Å². The number of anilines is 1. The van der Waals surface area contributed by atoms with Crippen LogP contribution in [-0.2, 0) is 0 Å². The second-order valence-corrected chi connectivity index (χ2v) is 5.82. The first-order valence-corrected chi connectivity index (χ1v) is 7.71. The van der Waals surface area contributed by atoms with E-state index in [1.54, 1.807) is 25.3 Å². The van der Waals surface area contributed by atoms with Crippen LogP contribution >= 0.6 is 11.8 Å². The van der Waals surface area contributed by atoms with Gasteiger partial charge in [-0.15, -0.1) is 0 Å². The lowest BCUT2D eigenvalue weighted by Crippen LogP contribution is -2.38. The highest BCUT2D eigenvalue weighted by molar-refractivity contribution is 7.99. The van der Waals surface area contributed by atoms with Gasteiger partial charge in [-0.25, -0.2) is 0 Å². The van der Waals surface area contributed by atoms with E-state index in [1.807, 2.05) is 11.8 Å². The minimum absolute atomic E-state index is 0.0516. The summed E-state index contributed by atoms with van der Waals surface area (Å²) in [5, 5.41) is 3.64. The molecular weight excluding hydrogens is 260 g/mol. The van der Waals surface area contributed by atoms with Crippen LogP contribution in [0.15, 0.2) is 18.2 Å². The number of nitrogens with two attached hydrogens (primary N) is 1. The third-order valence-electron chi connectivity index (χ3n) is 3.57. The Kier molecular flexibility index (Phi) is 4.58. The number of rotatable bonds is 4. The van der Waals surface area contributed by atoms with Gasteiger partial charge >= 0.3 is 0 Å². The summed E-state index contributed by atoms with van der Waals surface area (Å²) in [6.45, 7) is 0. The molecule has 104 valence electrons. The number of carbonyl (C=O) groups is 1. The summed E-state index contributed by atoms with van der Waals surface area (Å²) in [6.07, 6.45) is 5.52. The molecule has 1 saturated carbocycles. The summed E-state index contributed by atoms with van der Waals surface area (Å²) >= 11 is 1.83. The number of amides is 1. The molecule has 1 fully saturated rings. The average Bonchev–Trinajstić information content (AvgIpc) is 2.86. The molecule has 0 bridgehead atoms. The van der Waals surface area contributed by atoms with Gasteiger partial charge in [-0.2, -0.15) is 11.8 Å². The summed E-state index contributed by atoms with van der Waals surface area (Å²) in [5.74, 6) is 0.490. The molecule has 0 aliphatic heterocycles. The number of hydrogen-bond acceptors (Lipinski definition) is 4. The number of methoxy groups -OCH3 is 1. The predicted molar refractivity (Wildman–Crippen MR) is 79.8 cm³/mol. The molecule has 0 saturated heterocycles. The summed E-state index contributed by atoms with van der Waals surface area (Å²) < 4.78 is 5.14. The second-order valence-electron chi connectivity index (χ2n) is 4.74. The molecule has 2 rings (SSSR count). The van der Waals surface area contributed by atoms with Crippen LogP contribution in [0.5, 0.6) is 5.75 Å². The molecular formula is C14H20N2O2S. The van der Waals surface area contributed by atoms with Crippen LogP contribution in [0.25, 0.3) is 0 Å². The van der Waals surface area contributed by atoms with E-state index in [1.165, 1.54) is 12.8 Å². The molecule has 3 N–H and O–H groups in total. The molecule has 1 aliphatic carbocycles. The molecule has 1 aromatic carbocycles. The predicted octanol–water partition coefficient (Wildman–Crippen LogP) is 2.29. The van der Waals surface area contributed by atoms with Crippen molar-refractivity contribution >= 4 is 23.4 Å². The lowest BCUT2D eigenvalue weighted by atomic mass is 10.1. The van der Waals surface area contributed by atoms with Crippen LogP contribution in [0.4, 0.5) is 5.69 Å².